The van der Waals surface area contributed by atoms with E-state index in [1.165, 1.54) is 5.56 Å². The molecule has 0 aliphatic heterocycles. The first-order chi connectivity index (χ1) is 12.7. The maximum Gasteiger partial charge on any atom is 0.255 e. The molecule has 0 bridgehead atoms. The van der Waals surface area contributed by atoms with E-state index in [9.17, 15) is 4.79 Å². The third kappa shape index (κ3) is 2.81. The monoisotopic (exact) mass is 349 g/mol. The van der Waals surface area contributed by atoms with Gasteiger partial charge in [-0.15, -0.1) is 0 Å². The number of aromatic amines is 1. The number of H-pyrrole nitrogens is 1. The molecule has 2 heterocycles. The van der Waals surface area contributed by atoms with Crippen LogP contribution in [0.5, 0.6) is 11.6 Å². The molecule has 7 heteroatoms. The lowest BCUT2D eigenvalue weighted by molar-refractivity contribution is 0.0957. The standard InChI is InChI=1S/C19H19N5O2/c1-3-21-19(25)14-9-22-18-17(14)24-16(10-23-18)26-12-6-4-11-5-7-15(20-2)13(11)8-12/h4,6,8-10H,3,5,7H2,1-2H3,(H,21,25)(H,22,23). The lowest BCUT2D eigenvalue weighted by atomic mass is 10.1. The Hall–Kier alpha value is -3.22. The summed E-state index contributed by atoms with van der Waals surface area (Å²) in [6.45, 7) is 2.42. The molecule has 3 aromatic rings. The summed E-state index contributed by atoms with van der Waals surface area (Å²) in [5.74, 6) is 0.831. The number of aliphatic imine (C=N–C) groups is 1. The SMILES string of the molecule is CCNC(=O)c1c[nH]c2ncc(Oc3ccc4c(c3)C(=NC)CC4)nc12. The maximum absolute atomic E-state index is 12.1. The highest BCUT2D eigenvalue weighted by molar-refractivity contribution is 6.05. The van der Waals surface area contributed by atoms with Crippen LogP contribution in [0.3, 0.4) is 0 Å². The Morgan fingerprint density at radius 1 is 1.38 bits per heavy atom. The van der Waals surface area contributed by atoms with Gasteiger partial charge < -0.3 is 15.0 Å². The van der Waals surface area contributed by atoms with Gasteiger partial charge in [-0.1, -0.05) is 6.07 Å². The van der Waals surface area contributed by atoms with Crippen molar-refractivity contribution in [2.45, 2.75) is 19.8 Å². The second-order valence-corrected chi connectivity index (χ2v) is 6.06. The molecule has 0 unspecified atom stereocenters. The molecule has 0 spiro atoms. The molecule has 0 atom stereocenters. The first kappa shape index (κ1) is 16.3. The van der Waals surface area contributed by atoms with E-state index in [1.54, 1.807) is 12.4 Å². The van der Waals surface area contributed by atoms with Crippen LogP contribution < -0.4 is 10.1 Å². The van der Waals surface area contributed by atoms with Crippen LogP contribution in [0.4, 0.5) is 0 Å². The number of hydrogen-bond donors (Lipinski definition) is 2. The van der Waals surface area contributed by atoms with E-state index >= 15 is 0 Å². The number of rotatable bonds is 4. The van der Waals surface area contributed by atoms with Crippen LogP contribution in [0.2, 0.25) is 0 Å². The molecule has 1 aromatic carbocycles. The lowest BCUT2D eigenvalue weighted by Gasteiger charge is -2.07. The molecule has 2 aromatic heterocycles. The first-order valence-corrected chi connectivity index (χ1v) is 8.58. The van der Waals surface area contributed by atoms with Gasteiger partial charge in [-0.25, -0.2) is 9.97 Å². The second-order valence-electron chi connectivity index (χ2n) is 6.06. The predicted molar refractivity (Wildman–Crippen MR) is 99.2 cm³/mol. The van der Waals surface area contributed by atoms with Crippen LogP contribution in [-0.2, 0) is 6.42 Å². The molecule has 0 saturated carbocycles. The van der Waals surface area contributed by atoms with Crippen molar-refractivity contribution in [2.75, 3.05) is 13.6 Å². The highest BCUT2D eigenvalue weighted by Crippen LogP contribution is 2.29. The number of ether oxygens (including phenoxy) is 1. The number of carbonyl (C=O) groups excluding carboxylic acids is 1. The van der Waals surface area contributed by atoms with Crippen LogP contribution in [0.25, 0.3) is 11.2 Å². The number of amides is 1. The van der Waals surface area contributed by atoms with Gasteiger partial charge in [0.1, 0.15) is 11.3 Å². The topological polar surface area (TPSA) is 92.3 Å². The number of aromatic nitrogens is 3. The fourth-order valence-corrected chi connectivity index (χ4v) is 3.20. The molecule has 0 radical (unpaired) electrons. The van der Waals surface area contributed by atoms with Crippen molar-refractivity contribution in [1.82, 2.24) is 20.3 Å². The van der Waals surface area contributed by atoms with Crippen molar-refractivity contribution in [3.8, 4) is 11.6 Å². The van der Waals surface area contributed by atoms with Gasteiger partial charge >= 0.3 is 0 Å². The molecule has 1 aliphatic rings. The third-order valence-corrected chi connectivity index (χ3v) is 4.46. The second kappa shape index (κ2) is 6.59. The van der Waals surface area contributed by atoms with Crippen molar-refractivity contribution in [1.29, 1.82) is 0 Å². The van der Waals surface area contributed by atoms with E-state index in [0.717, 1.165) is 24.1 Å². The Kier molecular flexibility index (Phi) is 4.12. The Morgan fingerprint density at radius 2 is 2.27 bits per heavy atom. The van der Waals surface area contributed by atoms with Gasteiger partial charge in [0.15, 0.2) is 5.65 Å². The molecule has 0 saturated heterocycles. The number of fused-ring (bicyclic) bond motifs is 2. The molecular weight excluding hydrogens is 330 g/mol. The third-order valence-electron chi connectivity index (χ3n) is 4.46. The van der Waals surface area contributed by atoms with Crippen molar-refractivity contribution in [3.05, 3.63) is 47.3 Å². The van der Waals surface area contributed by atoms with Gasteiger partial charge in [0.2, 0.25) is 5.88 Å². The van der Waals surface area contributed by atoms with Crippen LogP contribution in [-0.4, -0.2) is 40.2 Å². The minimum absolute atomic E-state index is 0.188. The molecule has 1 aliphatic carbocycles. The predicted octanol–water partition coefficient (Wildman–Crippen LogP) is 2.87. The van der Waals surface area contributed by atoms with E-state index in [1.807, 2.05) is 26.1 Å². The fraction of sp³-hybridized carbons (Fsp3) is 0.263. The summed E-state index contributed by atoms with van der Waals surface area (Å²) in [6, 6.07) is 5.97. The highest BCUT2D eigenvalue weighted by atomic mass is 16.5. The summed E-state index contributed by atoms with van der Waals surface area (Å²) in [6.07, 6.45) is 5.12. The highest BCUT2D eigenvalue weighted by Gasteiger charge is 2.18. The Labute approximate surface area is 150 Å². The Balaban J connectivity index is 1.66. The first-order valence-electron chi connectivity index (χ1n) is 8.58. The minimum Gasteiger partial charge on any atom is -0.437 e. The smallest absolute Gasteiger partial charge is 0.255 e. The van der Waals surface area contributed by atoms with Gasteiger partial charge in [-0.05, 0) is 37.5 Å². The van der Waals surface area contributed by atoms with Gasteiger partial charge in [0, 0.05) is 31.1 Å². The zero-order valence-electron chi connectivity index (χ0n) is 14.7. The van der Waals surface area contributed by atoms with Crippen LogP contribution in [0.1, 0.15) is 34.8 Å². The Morgan fingerprint density at radius 3 is 3.08 bits per heavy atom. The van der Waals surface area contributed by atoms with Crippen LogP contribution >= 0.6 is 0 Å². The minimum atomic E-state index is -0.188. The largest absolute Gasteiger partial charge is 0.437 e. The van der Waals surface area contributed by atoms with E-state index < -0.39 is 0 Å². The molecule has 4 rings (SSSR count). The van der Waals surface area contributed by atoms with Crippen molar-refractivity contribution >= 4 is 22.8 Å². The quantitative estimate of drug-likeness (QED) is 0.757. The lowest BCUT2D eigenvalue weighted by Crippen LogP contribution is -2.22. The zero-order valence-corrected chi connectivity index (χ0v) is 14.7. The molecule has 7 nitrogen and oxygen atoms in total. The normalized spacial score (nSPS) is 14.6. The van der Waals surface area contributed by atoms with Crippen LogP contribution in [0, 0.1) is 0 Å². The summed E-state index contributed by atoms with van der Waals surface area (Å²) in [5.41, 5.74) is 5.00. The average Bonchev–Trinajstić information content (AvgIpc) is 3.25. The Bertz CT molecular complexity index is 1020. The van der Waals surface area contributed by atoms with E-state index in [2.05, 4.69) is 31.3 Å². The van der Waals surface area contributed by atoms with Gasteiger partial charge in [0.05, 0.1) is 11.8 Å². The number of carbonyl (C=O) groups is 1. The van der Waals surface area contributed by atoms with Gasteiger partial charge in [0.25, 0.3) is 5.91 Å². The van der Waals surface area contributed by atoms with Crippen molar-refractivity contribution < 1.29 is 9.53 Å². The summed E-state index contributed by atoms with van der Waals surface area (Å²) < 4.78 is 5.89. The number of nitrogens with zero attached hydrogens (tertiary/aromatic N) is 3. The van der Waals surface area contributed by atoms with E-state index in [-0.39, 0.29) is 5.91 Å². The fourth-order valence-electron chi connectivity index (χ4n) is 3.20. The van der Waals surface area contributed by atoms with E-state index in [0.29, 0.717) is 34.9 Å². The number of hydrogen-bond acceptors (Lipinski definition) is 5. The summed E-state index contributed by atoms with van der Waals surface area (Å²) >= 11 is 0. The maximum atomic E-state index is 12.1. The summed E-state index contributed by atoms with van der Waals surface area (Å²) in [4.78, 5) is 28.2. The number of benzene rings is 1. The molecule has 0 fully saturated rings. The molecule has 2 N–H and O–H groups in total. The molecule has 132 valence electrons. The molecule has 26 heavy (non-hydrogen) atoms. The van der Waals surface area contributed by atoms with Crippen molar-refractivity contribution in [3.63, 3.8) is 0 Å². The molecule has 1 amide bonds. The molecular formula is C19H19N5O2. The average molecular weight is 349 g/mol. The zero-order chi connectivity index (χ0) is 18.1. The van der Waals surface area contributed by atoms with E-state index in [4.69, 9.17) is 4.74 Å². The van der Waals surface area contributed by atoms with Gasteiger partial charge in [-0.3, -0.25) is 9.79 Å². The van der Waals surface area contributed by atoms with Crippen molar-refractivity contribution in [2.24, 2.45) is 4.99 Å². The summed E-state index contributed by atoms with van der Waals surface area (Å²) in [5, 5.41) is 2.77. The van der Waals surface area contributed by atoms with Gasteiger partial charge in [-0.2, -0.15) is 0 Å². The summed E-state index contributed by atoms with van der Waals surface area (Å²) in [7, 11) is 1.81. The van der Waals surface area contributed by atoms with Crippen LogP contribution in [0.15, 0.2) is 35.6 Å². The number of nitrogens with one attached hydrogen (secondary N) is 2. The number of aryl methyl sites for hydroxylation is 1.